The normalized spacial score (nSPS) is 17.5. The number of aryl methyl sites for hydroxylation is 1. The average molecular weight is 185 g/mol. The summed E-state index contributed by atoms with van der Waals surface area (Å²) in [6.45, 7) is 1.97. The summed E-state index contributed by atoms with van der Waals surface area (Å²) in [7, 11) is 0. The van der Waals surface area contributed by atoms with Gasteiger partial charge in [0.15, 0.2) is 5.75 Å². The molecule has 0 aliphatic carbocycles. The van der Waals surface area contributed by atoms with Crippen LogP contribution in [0.1, 0.15) is 12.5 Å². The van der Waals surface area contributed by atoms with Crippen molar-refractivity contribution >= 4 is 5.69 Å². The number of ether oxygens (including phenoxy) is 1. The zero-order chi connectivity index (χ0) is 9.47. The summed E-state index contributed by atoms with van der Waals surface area (Å²) in [6.07, 6.45) is -2.44. The monoisotopic (exact) mass is 185 g/mol. The number of nitrogens with one attached hydrogen (secondary N) is 1. The van der Waals surface area contributed by atoms with Crippen LogP contribution in [0.4, 0.5) is 14.5 Å². The molecule has 0 spiro atoms. The molecule has 0 saturated carbocycles. The van der Waals surface area contributed by atoms with E-state index in [-0.39, 0.29) is 5.75 Å². The molecule has 0 aromatic heterocycles. The quantitative estimate of drug-likeness (QED) is 0.679. The van der Waals surface area contributed by atoms with E-state index in [4.69, 9.17) is 0 Å². The molecular formula is C9H9F2NO. The molecule has 0 atom stereocenters. The van der Waals surface area contributed by atoms with E-state index in [1.54, 1.807) is 18.2 Å². The standard InChI is InChI=1S/C9H9F2NO/c1-2-6-3-4-8-7(5-6)12-9(10,11)13-8/h3-5,12H,2H2,1H3. The summed E-state index contributed by atoms with van der Waals surface area (Å²) in [6, 6.07) is 5.01. The van der Waals surface area contributed by atoms with Crippen molar-refractivity contribution in [2.75, 3.05) is 5.32 Å². The van der Waals surface area contributed by atoms with Crippen molar-refractivity contribution < 1.29 is 13.5 Å². The first-order chi connectivity index (χ1) is 6.11. The van der Waals surface area contributed by atoms with Crippen LogP contribution in [0, 0.1) is 0 Å². The predicted octanol–water partition coefficient (Wildman–Crippen LogP) is 2.60. The van der Waals surface area contributed by atoms with Gasteiger partial charge in [-0.05, 0) is 24.1 Å². The Labute approximate surface area is 74.5 Å². The molecule has 1 aromatic carbocycles. The first-order valence-corrected chi connectivity index (χ1v) is 4.08. The first kappa shape index (κ1) is 8.29. The molecule has 1 aliphatic heterocycles. The fourth-order valence-electron chi connectivity index (χ4n) is 1.30. The number of hydrogen-bond donors (Lipinski definition) is 1. The Hall–Kier alpha value is -1.32. The van der Waals surface area contributed by atoms with Crippen molar-refractivity contribution in [3.05, 3.63) is 23.8 Å². The molecule has 1 heterocycles. The Morgan fingerprint density at radius 3 is 2.92 bits per heavy atom. The van der Waals surface area contributed by atoms with Crippen LogP contribution in [0.15, 0.2) is 18.2 Å². The molecule has 0 amide bonds. The van der Waals surface area contributed by atoms with E-state index in [2.05, 4.69) is 4.74 Å². The number of benzene rings is 1. The lowest BCUT2D eigenvalue weighted by Gasteiger charge is -2.06. The van der Waals surface area contributed by atoms with Crippen LogP contribution < -0.4 is 10.1 Å². The molecule has 4 heteroatoms. The Bertz CT molecular complexity index is 338. The first-order valence-electron chi connectivity index (χ1n) is 4.08. The fraction of sp³-hybridized carbons (Fsp3) is 0.333. The van der Waals surface area contributed by atoms with E-state index in [1.165, 1.54) is 0 Å². The highest BCUT2D eigenvalue weighted by Gasteiger charge is 2.39. The molecule has 2 nitrogen and oxygen atoms in total. The SMILES string of the molecule is CCc1ccc2c(c1)NC(F)(F)O2. The van der Waals surface area contributed by atoms with E-state index in [0.717, 1.165) is 12.0 Å². The van der Waals surface area contributed by atoms with E-state index < -0.39 is 6.23 Å². The second-order valence-corrected chi connectivity index (χ2v) is 2.93. The minimum absolute atomic E-state index is 0.210. The van der Waals surface area contributed by atoms with Crippen LogP contribution in [0.5, 0.6) is 5.75 Å². The Balaban J connectivity index is 2.36. The average Bonchev–Trinajstić information content (AvgIpc) is 2.36. The molecule has 0 bridgehead atoms. The Kier molecular flexibility index (Phi) is 1.65. The molecule has 70 valence electrons. The van der Waals surface area contributed by atoms with Crippen molar-refractivity contribution in [1.82, 2.24) is 0 Å². The van der Waals surface area contributed by atoms with Gasteiger partial charge in [-0.25, -0.2) is 0 Å². The van der Waals surface area contributed by atoms with Gasteiger partial charge in [-0.15, -0.1) is 8.78 Å². The lowest BCUT2D eigenvalue weighted by atomic mass is 10.1. The van der Waals surface area contributed by atoms with Gasteiger partial charge in [0.05, 0.1) is 5.69 Å². The maximum absolute atomic E-state index is 12.6. The van der Waals surface area contributed by atoms with E-state index in [1.807, 2.05) is 12.2 Å². The molecule has 0 unspecified atom stereocenters. The third kappa shape index (κ3) is 1.43. The van der Waals surface area contributed by atoms with E-state index >= 15 is 0 Å². The van der Waals surface area contributed by atoms with Crippen molar-refractivity contribution in [3.8, 4) is 5.75 Å². The van der Waals surface area contributed by atoms with Gasteiger partial charge < -0.3 is 4.74 Å². The number of hydrogen-bond acceptors (Lipinski definition) is 2. The van der Waals surface area contributed by atoms with Crippen molar-refractivity contribution in [3.63, 3.8) is 0 Å². The van der Waals surface area contributed by atoms with Crippen LogP contribution >= 0.6 is 0 Å². The van der Waals surface area contributed by atoms with E-state index in [0.29, 0.717) is 5.69 Å². The van der Waals surface area contributed by atoms with Gasteiger partial charge >= 0.3 is 6.23 Å². The zero-order valence-electron chi connectivity index (χ0n) is 7.10. The van der Waals surface area contributed by atoms with Gasteiger partial charge in [-0.3, -0.25) is 5.32 Å². The summed E-state index contributed by atoms with van der Waals surface area (Å²) in [5.74, 6) is 0.210. The minimum Gasteiger partial charge on any atom is -0.413 e. The molecule has 0 fully saturated rings. The summed E-state index contributed by atoms with van der Waals surface area (Å²) < 4.78 is 29.6. The highest BCUT2D eigenvalue weighted by atomic mass is 19.3. The van der Waals surface area contributed by atoms with Gasteiger partial charge in [-0.1, -0.05) is 13.0 Å². The third-order valence-electron chi connectivity index (χ3n) is 1.97. The lowest BCUT2D eigenvalue weighted by Crippen LogP contribution is -2.28. The topological polar surface area (TPSA) is 21.3 Å². The van der Waals surface area contributed by atoms with Crippen molar-refractivity contribution in [1.29, 1.82) is 0 Å². The number of halogens is 2. The van der Waals surface area contributed by atoms with Crippen LogP contribution in [0.2, 0.25) is 0 Å². The van der Waals surface area contributed by atoms with Gasteiger partial charge in [0.2, 0.25) is 0 Å². The van der Waals surface area contributed by atoms with Gasteiger partial charge in [0, 0.05) is 0 Å². The van der Waals surface area contributed by atoms with Crippen LogP contribution in [-0.4, -0.2) is 6.23 Å². The molecule has 0 radical (unpaired) electrons. The highest BCUT2D eigenvalue weighted by Crippen LogP contribution is 2.38. The number of anilines is 1. The second-order valence-electron chi connectivity index (χ2n) is 2.93. The predicted molar refractivity (Wildman–Crippen MR) is 45.0 cm³/mol. The largest absolute Gasteiger partial charge is 0.494 e. The number of alkyl halides is 2. The van der Waals surface area contributed by atoms with Gasteiger partial charge in [0.1, 0.15) is 0 Å². The summed E-state index contributed by atoms with van der Waals surface area (Å²) in [5.41, 5.74) is 1.37. The lowest BCUT2D eigenvalue weighted by molar-refractivity contribution is -0.138. The summed E-state index contributed by atoms with van der Waals surface area (Å²) >= 11 is 0. The van der Waals surface area contributed by atoms with Crippen LogP contribution in [0.3, 0.4) is 0 Å². The van der Waals surface area contributed by atoms with E-state index in [9.17, 15) is 8.78 Å². The van der Waals surface area contributed by atoms with Crippen molar-refractivity contribution in [2.45, 2.75) is 19.6 Å². The van der Waals surface area contributed by atoms with Gasteiger partial charge in [0.25, 0.3) is 0 Å². The Morgan fingerprint density at radius 1 is 1.46 bits per heavy atom. The Morgan fingerprint density at radius 2 is 2.23 bits per heavy atom. The molecule has 1 aromatic rings. The molecule has 2 rings (SSSR count). The second kappa shape index (κ2) is 2.58. The highest BCUT2D eigenvalue weighted by molar-refractivity contribution is 5.61. The molecule has 1 aliphatic rings. The smallest absolute Gasteiger partial charge is 0.413 e. The zero-order valence-corrected chi connectivity index (χ0v) is 7.10. The number of rotatable bonds is 1. The fourth-order valence-corrected chi connectivity index (χ4v) is 1.30. The molecule has 0 saturated heterocycles. The van der Waals surface area contributed by atoms with Crippen LogP contribution in [-0.2, 0) is 6.42 Å². The van der Waals surface area contributed by atoms with Gasteiger partial charge in [-0.2, -0.15) is 0 Å². The van der Waals surface area contributed by atoms with Crippen molar-refractivity contribution in [2.24, 2.45) is 0 Å². The number of fused-ring (bicyclic) bond motifs is 1. The molecule has 1 N–H and O–H groups in total. The minimum atomic E-state index is -3.26. The molecular weight excluding hydrogens is 176 g/mol. The maximum atomic E-state index is 12.6. The summed E-state index contributed by atoms with van der Waals surface area (Å²) in [5, 5.41) is 1.99. The molecule has 13 heavy (non-hydrogen) atoms. The summed E-state index contributed by atoms with van der Waals surface area (Å²) in [4.78, 5) is 0. The maximum Gasteiger partial charge on any atom is 0.494 e. The van der Waals surface area contributed by atoms with Crippen LogP contribution in [0.25, 0.3) is 0 Å². The third-order valence-corrected chi connectivity index (χ3v) is 1.97.